The zero-order valence-corrected chi connectivity index (χ0v) is 32.9. The lowest BCUT2D eigenvalue weighted by Crippen LogP contribution is -2.65. The summed E-state index contributed by atoms with van der Waals surface area (Å²) in [6.07, 6.45) is 5.11. The number of ether oxygens (including phenoxy) is 2. The van der Waals surface area contributed by atoms with E-state index in [0.29, 0.717) is 13.2 Å². The molecule has 1 aliphatic rings. The first-order valence-electron chi connectivity index (χ1n) is 18.4. The predicted molar refractivity (Wildman–Crippen MR) is 188 cm³/mol. The minimum absolute atomic E-state index is 0.0292. The number of aliphatic hydroxyl groups excluding tert-OH is 3. The molecule has 0 heterocycles. The first-order chi connectivity index (χ1) is 24.0. The summed E-state index contributed by atoms with van der Waals surface area (Å²) in [5, 5.41) is 31.6. The van der Waals surface area contributed by atoms with Crippen molar-refractivity contribution in [1.29, 1.82) is 0 Å². The molecular weight excluding hydrogens is 737 g/mol. The molecule has 17 nitrogen and oxygen atoms in total. The maximum Gasteiger partial charge on any atom is 0.472 e. The van der Waals surface area contributed by atoms with Crippen LogP contribution >= 0.6 is 23.5 Å². The van der Waals surface area contributed by atoms with Crippen molar-refractivity contribution in [3.63, 3.8) is 0 Å². The lowest BCUT2D eigenvalue weighted by Gasteiger charge is -2.44. The van der Waals surface area contributed by atoms with Crippen LogP contribution in [-0.4, -0.2) is 109 Å². The number of phosphoric ester groups is 3. The van der Waals surface area contributed by atoms with Crippen LogP contribution in [0, 0.1) is 0 Å². The molecule has 1 aliphatic carbocycles. The zero-order chi connectivity index (χ0) is 38.3. The summed E-state index contributed by atoms with van der Waals surface area (Å²) in [6.45, 7) is 4.65. The van der Waals surface area contributed by atoms with Crippen molar-refractivity contribution < 1.29 is 81.1 Å². The molecule has 0 aromatic heterocycles. The summed E-state index contributed by atoms with van der Waals surface area (Å²) in [7, 11) is -16.2. The predicted octanol–water partition coefficient (Wildman–Crippen LogP) is 5.00. The second kappa shape index (κ2) is 26.9. The quantitative estimate of drug-likeness (QED) is 0.0328. The molecule has 1 saturated carbocycles. The van der Waals surface area contributed by atoms with Crippen molar-refractivity contribution in [3.8, 4) is 0 Å². The minimum atomic E-state index is -5.51. The number of rotatable bonds is 32. The molecule has 8 N–H and O–H groups in total. The van der Waals surface area contributed by atoms with Gasteiger partial charge in [0.05, 0.1) is 13.2 Å². The van der Waals surface area contributed by atoms with E-state index in [-0.39, 0.29) is 6.61 Å². The average Bonchev–Trinajstić information content (AvgIpc) is 3.04. The first kappa shape index (κ1) is 49.1. The van der Waals surface area contributed by atoms with E-state index in [1.165, 1.54) is 70.6 Å². The molecule has 1 rings (SSSR count). The van der Waals surface area contributed by atoms with E-state index in [4.69, 9.17) is 28.3 Å². The van der Waals surface area contributed by atoms with Crippen LogP contribution in [0.25, 0.3) is 0 Å². The highest BCUT2D eigenvalue weighted by molar-refractivity contribution is 7.47. The Morgan fingerprint density at radius 2 is 0.882 bits per heavy atom. The van der Waals surface area contributed by atoms with Gasteiger partial charge in [-0.2, -0.15) is 0 Å². The van der Waals surface area contributed by atoms with Gasteiger partial charge in [0.15, 0.2) is 0 Å². The Labute approximate surface area is 302 Å². The molecule has 0 saturated heterocycles. The van der Waals surface area contributed by atoms with Crippen LogP contribution in [0.1, 0.15) is 129 Å². The summed E-state index contributed by atoms with van der Waals surface area (Å²) < 4.78 is 66.2. The Morgan fingerprint density at radius 1 is 0.490 bits per heavy atom. The molecule has 51 heavy (non-hydrogen) atoms. The van der Waals surface area contributed by atoms with E-state index in [0.717, 1.165) is 44.9 Å². The number of hydrogen-bond donors (Lipinski definition) is 8. The molecule has 0 spiro atoms. The molecule has 0 aliphatic heterocycles. The monoisotopic (exact) mass is 802 g/mol. The third-order valence-corrected chi connectivity index (χ3v) is 10.5. The van der Waals surface area contributed by atoms with E-state index in [9.17, 15) is 43.7 Å². The Hall–Kier alpha value is 0.130. The van der Waals surface area contributed by atoms with Crippen LogP contribution in [-0.2, 0) is 41.3 Å². The second-order valence-electron chi connectivity index (χ2n) is 13.2. The van der Waals surface area contributed by atoms with Crippen molar-refractivity contribution in [1.82, 2.24) is 0 Å². The maximum absolute atomic E-state index is 12.9. The zero-order valence-electron chi connectivity index (χ0n) is 30.2. The van der Waals surface area contributed by atoms with Crippen molar-refractivity contribution in [2.24, 2.45) is 0 Å². The van der Waals surface area contributed by atoms with Gasteiger partial charge in [-0.3, -0.25) is 18.1 Å². The highest BCUT2D eigenvalue weighted by atomic mass is 31.2. The fourth-order valence-electron chi connectivity index (χ4n) is 5.75. The summed E-state index contributed by atoms with van der Waals surface area (Å²) in [5.41, 5.74) is 0. The Balaban J connectivity index is 2.76. The smallest absolute Gasteiger partial charge is 0.387 e. The lowest BCUT2D eigenvalue weighted by molar-refractivity contribution is -0.213. The van der Waals surface area contributed by atoms with Crippen molar-refractivity contribution in [2.75, 3.05) is 26.4 Å². The van der Waals surface area contributed by atoms with E-state index in [1.54, 1.807) is 0 Å². The number of hydrogen-bond acceptors (Lipinski definition) is 12. The molecule has 306 valence electrons. The van der Waals surface area contributed by atoms with E-state index in [1.807, 2.05) is 0 Å². The molecule has 1 fully saturated rings. The van der Waals surface area contributed by atoms with Crippen LogP contribution in [0.4, 0.5) is 0 Å². The standard InChI is InChI=1S/C31H65O17P3/c1-3-5-7-9-11-13-15-17-19-21-43-23-25(44-22-20-18-16-14-12-10-8-6-4-2)24-45-51(41,42)48-29-26(32)27(33)30(46-49(35,36)37)31(28(29)34)47-50(38,39)40/h25-34H,3-24H2,1-2H3,(H,41,42)(H2,35,36,37)(H2,38,39,40)/t25-,26-,27+,28+,29-,30-,31-/m1/s1. The van der Waals surface area contributed by atoms with Gasteiger partial charge in [-0.05, 0) is 12.8 Å². The Morgan fingerprint density at radius 3 is 1.33 bits per heavy atom. The molecule has 8 atom stereocenters. The van der Waals surface area contributed by atoms with Crippen molar-refractivity contribution in [3.05, 3.63) is 0 Å². The van der Waals surface area contributed by atoms with Gasteiger partial charge >= 0.3 is 23.5 Å². The fourth-order valence-corrected chi connectivity index (χ4v) is 7.85. The number of unbranched alkanes of at least 4 members (excludes halogenated alkanes) is 16. The van der Waals surface area contributed by atoms with Crippen LogP contribution < -0.4 is 0 Å². The van der Waals surface area contributed by atoms with Gasteiger partial charge < -0.3 is 49.3 Å². The van der Waals surface area contributed by atoms with Crippen molar-refractivity contribution >= 4 is 23.5 Å². The number of phosphoric acid groups is 3. The summed E-state index contributed by atoms with van der Waals surface area (Å²) >= 11 is 0. The molecular formula is C31H65O17P3. The fraction of sp³-hybridized carbons (Fsp3) is 1.00. The topological polar surface area (TPSA) is 268 Å². The molecule has 0 aromatic rings. The van der Waals surface area contributed by atoms with E-state index >= 15 is 0 Å². The Kier molecular flexibility index (Phi) is 25.9. The lowest BCUT2D eigenvalue weighted by atomic mass is 9.85. The first-order valence-corrected chi connectivity index (χ1v) is 22.9. The highest BCUT2D eigenvalue weighted by Crippen LogP contribution is 2.51. The SMILES string of the molecule is CCCCCCCCCCCOC[C@H](COP(=O)(O)O[C@@H]1[C@H](O)[C@H](O)[C@@H](OP(=O)(O)O)[C@H](OP(=O)(O)O)[C@H]1O)OCCCCCCCCCCC. The molecule has 0 bridgehead atoms. The largest absolute Gasteiger partial charge is 0.472 e. The van der Waals surface area contributed by atoms with Gasteiger partial charge in [0, 0.05) is 13.2 Å². The van der Waals surface area contributed by atoms with Crippen molar-refractivity contribution in [2.45, 2.75) is 172 Å². The van der Waals surface area contributed by atoms with Crippen LogP contribution in [0.5, 0.6) is 0 Å². The maximum atomic E-state index is 12.9. The molecule has 0 radical (unpaired) electrons. The third-order valence-electron chi connectivity index (χ3n) is 8.51. The third kappa shape index (κ3) is 23.6. The van der Waals surface area contributed by atoms with Gasteiger partial charge in [-0.25, -0.2) is 13.7 Å². The van der Waals surface area contributed by atoms with Crippen LogP contribution in [0.2, 0.25) is 0 Å². The minimum Gasteiger partial charge on any atom is -0.387 e. The van der Waals surface area contributed by atoms with Gasteiger partial charge in [-0.1, -0.05) is 117 Å². The highest BCUT2D eigenvalue weighted by Gasteiger charge is 2.56. The Bertz CT molecular complexity index is 1030. The van der Waals surface area contributed by atoms with Crippen LogP contribution in [0.15, 0.2) is 0 Å². The van der Waals surface area contributed by atoms with E-state index in [2.05, 4.69) is 22.9 Å². The van der Waals surface area contributed by atoms with Crippen LogP contribution in [0.3, 0.4) is 0 Å². The summed E-state index contributed by atoms with van der Waals surface area (Å²) in [6, 6.07) is 0. The number of aliphatic hydroxyl groups is 3. The van der Waals surface area contributed by atoms with Gasteiger partial charge in [0.1, 0.15) is 42.7 Å². The molecule has 0 aromatic carbocycles. The molecule has 1 unspecified atom stereocenters. The summed E-state index contributed by atoms with van der Waals surface area (Å²) in [4.78, 5) is 47.3. The molecule has 0 amide bonds. The molecule has 20 heteroatoms. The average molecular weight is 803 g/mol. The van der Waals surface area contributed by atoms with Gasteiger partial charge in [0.2, 0.25) is 0 Å². The van der Waals surface area contributed by atoms with Gasteiger partial charge in [-0.15, -0.1) is 0 Å². The van der Waals surface area contributed by atoms with E-state index < -0.39 is 72.8 Å². The second-order valence-corrected chi connectivity index (χ2v) is 16.9. The summed E-state index contributed by atoms with van der Waals surface area (Å²) in [5.74, 6) is 0. The van der Waals surface area contributed by atoms with Gasteiger partial charge in [0.25, 0.3) is 0 Å². The normalized spacial score (nSPS) is 24.8.